The largest absolute Gasteiger partial charge is 0.316 e. The number of nitrogens with one attached hydrogen (secondary N) is 1. The fourth-order valence-corrected chi connectivity index (χ4v) is 2.71. The van der Waals surface area contributed by atoms with Gasteiger partial charge in [0.15, 0.2) is 0 Å². The van der Waals surface area contributed by atoms with Crippen LogP contribution in [-0.2, 0) is 0 Å². The number of rotatable bonds is 7. The Bertz CT molecular complexity index is 113. The maximum Gasteiger partial charge on any atom is 0.0178 e. The summed E-state index contributed by atoms with van der Waals surface area (Å²) in [5.41, 5.74) is 0. The van der Waals surface area contributed by atoms with Crippen LogP contribution in [0.4, 0.5) is 0 Å². The van der Waals surface area contributed by atoms with Gasteiger partial charge in [-0.1, -0.05) is 13.8 Å². The van der Waals surface area contributed by atoms with Crippen LogP contribution in [0.15, 0.2) is 0 Å². The van der Waals surface area contributed by atoms with Gasteiger partial charge in [0, 0.05) is 23.6 Å². The minimum Gasteiger partial charge on any atom is -0.316 e. The topological polar surface area (TPSA) is 15.3 Å². The number of hydrogen-bond acceptors (Lipinski definition) is 3. The summed E-state index contributed by atoms with van der Waals surface area (Å²) < 4.78 is 0. The van der Waals surface area contributed by atoms with Gasteiger partial charge in [-0.15, -0.1) is 0 Å². The van der Waals surface area contributed by atoms with Crippen molar-refractivity contribution in [1.29, 1.82) is 0 Å². The molecule has 0 aromatic heterocycles. The minimum absolute atomic E-state index is 0.659. The summed E-state index contributed by atoms with van der Waals surface area (Å²) in [6.45, 7) is 5.73. The molecule has 0 aromatic carbocycles. The van der Waals surface area contributed by atoms with E-state index >= 15 is 0 Å². The van der Waals surface area contributed by atoms with Gasteiger partial charge in [-0.05, 0) is 27.6 Å². The first kappa shape index (κ1) is 13.3. The Hall–Kier alpha value is 0.270. The maximum absolute atomic E-state index is 3.36. The molecule has 0 saturated heterocycles. The van der Waals surface area contributed by atoms with E-state index in [1.165, 1.54) is 18.7 Å². The molecule has 80 valence electrons. The Balaban J connectivity index is 3.53. The van der Waals surface area contributed by atoms with Crippen molar-refractivity contribution in [2.75, 3.05) is 33.4 Å². The third-order valence-electron chi connectivity index (χ3n) is 2.30. The van der Waals surface area contributed by atoms with Crippen molar-refractivity contribution in [2.24, 2.45) is 0 Å². The maximum atomic E-state index is 3.36. The van der Waals surface area contributed by atoms with E-state index < -0.39 is 0 Å². The van der Waals surface area contributed by atoms with E-state index in [-0.39, 0.29) is 0 Å². The Morgan fingerprint density at radius 1 is 1.38 bits per heavy atom. The number of nitrogens with zero attached hydrogens (tertiary/aromatic N) is 1. The highest BCUT2D eigenvalue weighted by atomic mass is 32.2. The first-order valence-electron chi connectivity index (χ1n) is 5.05. The lowest BCUT2D eigenvalue weighted by atomic mass is 10.2. The van der Waals surface area contributed by atoms with Crippen molar-refractivity contribution < 1.29 is 0 Å². The smallest absolute Gasteiger partial charge is 0.0178 e. The van der Waals surface area contributed by atoms with Crippen LogP contribution in [0, 0.1) is 0 Å². The highest BCUT2D eigenvalue weighted by Gasteiger charge is 2.12. The Kier molecular flexibility index (Phi) is 7.81. The molecule has 2 nitrogen and oxygen atoms in total. The molecule has 2 unspecified atom stereocenters. The molecule has 13 heavy (non-hydrogen) atoms. The van der Waals surface area contributed by atoms with E-state index in [1.54, 1.807) is 0 Å². The first-order chi connectivity index (χ1) is 6.11. The average Bonchev–Trinajstić information content (AvgIpc) is 2.05. The second-order valence-corrected chi connectivity index (χ2v) is 5.17. The van der Waals surface area contributed by atoms with Crippen LogP contribution < -0.4 is 5.32 Å². The number of thioether (sulfide) groups is 1. The monoisotopic (exact) mass is 204 g/mol. The molecule has 0 aromatic rings. The van der Waals surface area contributed by atoms with Gasteiger partial charge in [0.25, 0.3) is 0 Å². The fraction of sp³-hybridized carbons (Fsp3) is 1.00. The van der Waals surface area contributed by atoms with Crippen molar-refractivity contribution in [2.45, 2.75) is 31.6 Å². The average molecular weight is 204 g/mol. The molecule has 0 fully saturated rings. The lowest BCUT2D eigenvalue weighted by Crippen LogP contribution is -2.33. The molecule has 3 heteroatoms. The molecule has 2 atom stereocenters. The van der Waals surface area contributed by atoms with E-state index in [1.807, 2.05) is 0 Å². The second kappa shape index (κ2) is 7.65. The Morgan fingerprint density at radius 2 is 2.00 bits per heavy atom. The van der Waals surface area contributed by atoms with Gasteiger partial charge < -0.3 is 10.2 Å². The van der Waals surface area contributed by atoms with Crippen molar-refractivity contribution in [3.63, 3.8) is 0 Å². The normalized spacial score (nSPS) is 16.2. The summed E-state index contributed by atoms with van der Waals surface area (Å²) >= 11 is 2.06. The highest BCUT2D eigenvalue weighted by molar-refractivity contribution is 7.99. The summed E-state index contributed by atoms with van der Waals surface area (Å²) in [6, 6.07) is 0.659. The third-order valence-corrected chi connectivity index (χ3v) is 3.57. The van der Waals surface area contributed by atoms with Crippen molar-refractivity contribution in [1.82, 2.24) is 10.2 Å². The van der Waals surface area contributed by atoms with Gasteiger partial charge >= 0.3 is 0 Å². The molecular formula is C10H24N2S. The molecule has 0 aliphatic rings. The van der Waals surface area contributed by atoms with Gasteiger partial charge in [0.2, 0.25) is 0 Å². The predicted octanol–water partition coefficient (Wildman–Crippen LogP) is 1.67. The first-order valence-corrected chi connectivity index (χ1v) is 6.10. The summed E-state index contributed by atoms with van der Waals surface area (Å²) in [6.07, 6.45) is 1.21. The van der Waals surface area contributed by atoms with Crippen LogP contribution in [0.2, 0.25) is 0 Å². The van der Waals surface area contributed by atoms with E-state index in [2.05, 4.69) is 57.0 Å². The zero-order valence-corrected chi connectivity index (χ0v) is 10.4. The van der Waals surface area contributed by atoms with Gasteiger partial charge in [-0.3, -0.25) is 0 Å². The van der Waals surface area contributed by atoms with Gasteiger partial charge in [-0.2, -0.15) is 11.8 Å². The molecule has 0 bridgehead atoms. The third kappa shape index (κ3) is 6.36. The molecule has 1 N–H and O–H groups in total. The van der Waals surface area contributed by atoms with Crippen LogP contribution in [0.3, 0.4) is 0 Å². The molecule has 0 spiro atoms. The van der Waals surface area contributed by atoms with Crippen molar-refractivity contribution in [3.8, 4) is 0 Å². The second-order valence-electron chi connectivity index (χ2n) is 3.68. The molecule has 0 rings (SSSR count). The molecule has 0 amide bonds. The highest BCUT2D eigenvalue weighted by Crippen LogP contribution is 2.15. The zero-order valence-electron chi connectivity index (χ0n) is 9.63. The van der Waals surface area contributed by atoms with Crippen LogP contribution in [0.5, 0.6) is 0 Å². The molecule has 0 saturated carbocycles. The minimum atomic E-state index is 0.659. The number of hydrogen-bond donors (Lipinski definition) is 1. The summed E-state index contributed by atoms with van der Waals surface area (Å²) in [4.78, 5) is 2.24. The quantitative estimate of drug-likeness (QED) is 0.679. The van der Waals surface area contributed by atoms with E-state index in [4.69, 9.17) is 0 Å². The summed E-state index contributed by atoms with van der Waals surface area (Å²) in [5.74, 6) is 1.23. The molecule has 0 aliphatic carbocycles. The van der Waals surface area contributed by atoms with Crippen LogP contribution in [0.25, 0.3) is 0 Å². The standard InChI is InChI=1S/C10H24N2S/c1-6-10(11-3)9(2)13-8-7-12(4)5/h9-11H,6-8H2,1-5H3. The van der Waals surface area contributed by atoms with Crippen molar-refractivity contribution >= 4 is 11.8 Å². The molecular weight excluding hydrogens is 180 g/mol. The van der Waals surface area contributed by atoms with E-state index in [9.17, 15) is 0 Å². The lowest BCUT2D eigenvalue weighted by molar-refractivity contribution is 0.436. The molecule has 0 heterocycles. The summed E-state index contributed by atoms with van der Waals surface area (Å²) in [7, 11) is 6.30. The van der Waals surface area contributed by atoms with Crippen LogP contribution >= 0.6 is 11.8 Å². The summed E-state index contributed by atoms with van der Waals surface area (Å²) in [5, 5.41) is 4.07. The SMILES string of the molecule is CCC(NC)C(C)SCCN(C)C. The molecule has 0 radical (unpaired) electrons. The van der Waals surface area contributed by atoms with Gasteiger partial charge in [0.1, 0.15) is 0 Å². The van der Waals surface area contributed by atoms with Gasteiger partial charge in [-0.25, -0.2) is 0 Å². The van der Waals surface area contributed by atoms with Crippen LogP contribution in [0.1, 0.15) is 20.3 Å². The fourth-order valence-electron chi connectivity index (χ4n) is 1.31. The predicted molar refractivity (Wildman–Crippen MR) is 63.6 cm³/mol. The Morgan fingerprint density at radius 3 is 2.38 bits per heavy atom. The zero-order chi connectivity index (χ0) is 10.3. The van der Waals surface area contributed by atoms with Crippen molar-refractivity contribution in [3.05, 3.63) is 0 Å². The lowest BCUT2D eigenvalue weighted by Gasteiger charge is -2.22. The van der Waals surface area contributed by atoms with Crippen LogP contribution in [-0.4, -0.2) is 49.6 Å². The molecule has 0 aliphatic heterocycles. The van der Waals surface area contributed by atoms with E-state index in [0.717, 1.165) is 5.25 Å². The van der Waals surface area contributed by atoms with Gasteiger partial charge in [0.05, 0.1) is 0 Å². The van der Waals surface area contributed by atoms with E-state index in [0.29, 0.717) is 6.04 Å². The Labute approximate surface area is 87.5 Å².